The first-order valence-corrected chi connectivity index (χ1v) is 7.46. The zero-order chi connectivity index (χ0) is 13.5. The molecule has 0 fully saturated rings. The maximum atomic E-state index is 12.9. The molecule has 0 saturated carbocycles. The Kier molecular flexibility index (Phi) is 5.28. The molecule has 2 N–H and O–H groups in total. The van der Waals surface area contributed by atoms with Crippen LogP contribution in [0.2, 0.25) is 0 Å². The molecule has 0 amide bonds. The number of rotatable bonds is 6. The van der Waals surface area contributed by atoms with Gasteiger partial charge in [0.15, 0.2) is 0 Å². The number of nitrogens with two attached hydrogens (primary N) is 1. The first kappa shape index (κ1) is 13.9. The third-order valence-corrected chi connectivity index (χ3v) is 4.11. The van der Waals surface area contributed by atoms with Gasteiger partial charge in [-0.1, -0.05) is 30.3 Å². The highest BCUT2D eigenvalue weighted by atomic mass is 32.2. The molecule has 3 heteroatoms. The van der Waals surface area contributed by atoms with Crippen LogP contribution in [0.25, 0.3) is 0 Å². The molecule has 0 aliphatic rings. The Morgan fingerprint density at radius 2 is 1.79 bits per heavy atom. The summed E-state index contributed by atoms with van der Waals surface area (Å²) in [7, 11) is 0. The van der Waals surface area contributed by atoms with Gasteiger partial charge in [0.1, 0.15) is 5.82 Å². The van der Waals surface area contributed by atoms with Crippen molar-refractivity contribution in [2.24, 2.45) is 0 Å². The molecule has 0 aromatic heterocycles. The SMILES string of the molecule is Nc1cc(F)ccc1SCCCCc1ccccc1. The predicted octanol–water partition coefficient (Wildman–Crippen LogP) is 4.52. The van der Waals surface area contributed by atoms with E-state index in [0.717, 1.165) is 29.9 Å². The molecule has 0 aliphatic heterocycles. The van der Waals surface area contributed by atoms with Gasteiger partial charge in [-0.05, 0) is 48.8 Å². The van der Waals surface area contributed by atoms with Crippen LogP contribution in [0, 0.1) is 5.82 Å². The largest absolute Gasteiger partial charge is 0.398 e. The molecule has 0 spiro atoms. The molecule has 1 nitrogen and oxygen atoms in total. The topological polar surface area (TPSA) is 26.0 Å². The summed E-state index contributed by atoms with van der Waals surface area (Å²) in [5.74, 6) is 0.744. The molecule has 100 valence electrons. The monoisotopic (exact) mass is 275 g/mol. The van der Waals surface area contributed by atoms with Crippen molar-refractivity contribution < 1.29 is 4.39 Å². The molecule has 0 unspecified atom stereocenters. The van der Waals surface area contributed by atoms with Gasteiger partial charge in [-0.25, -0.2) is 4.39 Å². The van der Waals surface area contributed by atoms with E-state index in [1.807, 2.05) is 6.07 Å². The van der Waals surface area contributed by atoms with Crippen LogP contribution < -0.4 is 5.73 Å². The van der Waals surface area contributed by atoms with Crippen LogP contribution in [0.15, 0.2) is 53.4 Å². The number of hydrogen-bond acceptors (Lipinski definition) is 2. The molecule has 0 saturated heterocycles. The van der Waals surface area contributed by atoms with Crippen molar-refractivity contribution in [2.45, 2.75) is 24.2 Å². The van der Waals surface area contributed by atoms with Crippen molar-refractivity contribution in [1.82, 2.24) is 0 Å². The molecule has 2 aromatic rings. The predicted molar refractivity (Wildman–Crippen MR) is 80.9 cm³/mol. The summed E-state index contributed by atoms with van der Waals surface area (Å²) < 4.78 is 12.9. The van der Waals surface area contributed by atoms with Crippen LogP contribution in [0.4, 0.5) is 10.1 Å². The minimum absolute atomic E-state index is 0.272. The lowest BCUT2D eigenvalue weighted by Crippen LogP contribution is -1.91. The second kappa shape index (κ2) is 7.19. The normalized spacial score (nSPS) is 10.6. The Labute approximate surface area is 118 Å². The van der Waals surface area contributed by atoms with E-state index >= 15 is 0 Å². The Morgan fingerprint density at radius 1 is 1.00 bits per heavy atom. The van der Waals surface area contributed by atoms with Crippen LogP contribution in [0.1, 0.15) is 18.4 Å². The van der Waals surface area contributed by atoms with Crippen LogP contribution in [0.3, 0.4) is 0 Å². The standard InChI is InChI=1S/C16H18FNS/c17-14-9-10-16(15(18)12-14)19-11-5-4-8-13-6-2-1-3-7-13/h1-3,6-7,9-10,12H,4-5,8,11,18H2. The van der Waals surface area contributed by atoms with Gasteiger partial charge in [-0.2, -0.15) is 0 Å². The number of thioether (sulfide) groups is 1. The number of nitrogen functional groups attached to an aromatic ring is 1. The van der Waals surface area contributed by atoms with E-state index < -0.39 is 0 Å². The number of unbranched alkanes of at least 4 members (excludes halogenated alkanes) is 1. The van der Waals surface area contributed by atoms with Crippen LogP contribution in [-0.4, -0.2) is 5.75 Å². The van der Waals surface area contributed by atoms with Gasteiger partial charge in [-0.15, -0.1) is 11.8 Å². The first-order chi connectivity index (χ1) is 9.25. The van der Waals surface area contributed by atoms with Gasteiger partial charge in [-0.3, -0.25) is 0 Å². The second-order valence-electron chi connectivity index (χ2n) is 4.47. The molecule has 0 heterocycles. The fraction of sp³-hybridized carbons (Fsp3) is 0.250. The highest BCUT2D eigenvalue weighted by molar-refractivity contribution is 7.99. The quantitative estimate of drug-likeness (QED) is 0.476. The van der Waals surface area contributed by atoms with Crippen LogP contribution in [-0.2, 0) is 6.42 Å². The van der Waals surface area contributed by atoms with Crippen molar-refractivity contribution in [3.05, 3.63) is 59.9 Å². The van der Waals surface area contributed by atoms with Crippen molar-refractivity contribution in [3.63, 3.8) is 0 Å². The van der Waals surface area contributed by atoms with Crippen LogP contribution >= 0.6 is 11.8 Å². The molecule has 2 aromatic carbocycles. The van der Waals surface area contributed by atoms with Gasteiger partial charge in [0.2, 0.25) is 0 Å². The highest BCUT2D eigenvalue weighted by Gasteiger charge is 2.01. The van der Waals surface area contributed by atoms with E-state index in [9.17, 15) is 4.39 Å². The van der Waals surface area contributed by atoms with E-state index in [0.29, 0.717) is 5.69 Å². The maximum absolute atomic E-state index is 12.9. The van der Waals surface area contributed by atoms with Gasteiger partial charge >= 0.3 is 0 Å². The minimum atomic E-state index is -0.272. The first-order valence-electron chi connectivity index (χ1n) is 6.47. The van der Waals surface area contributed by atoms with E-state index in [4.69, 9.17) is 5.73 Å². The summed E-state index contributed by atoms with van der Waals surface area (Å²) in [5, 5.41) is 0. The number of aryl methyl sites for hydroxylation is 1. The Hall–Kier alpha value is -1.48. The highest BCUT2D eigenvalue weighted by Crippen LogP contribution is 2.26. The lowest BCUT2D eigenvalue weighted by molar-refractivity contribution is 0.627. The van der Waals surface area contributed by atoms with E-state index in [1.54, 1.807) is 17.8 Å². The third kappa shape index (κ3) is 4.60. The summed E-state index contributed by atoms with van der Waals surface area (Å²) in [4.78, 5) is 0.973. The zero-order valence-electron chi connectivity index (χ0n) is 10.8. The molecular weight excluding hydrogens is 257 g/mol. The molecular formula is C16H18FNS. The Balaban J connectivity index is 1.69. The minimum Gasteiger partial charge on any atom is -0.398 e. The second-order valence-corrected chi connectivity index (χ2v) is 5.61. The average Bonchev–Trinajstić information content (AvgIpc) is 2.42. The number of anilines is 1. The summed E-state index contributed by atoms with van der Waals surface area (Å²) in [6, 6.07) is 15.1. The van der Waals surface area contributed by atoms with Gasteiger partial charge in [0.05, 0.1) is 0 Å². The van der Waals surface area contributed by atoms with E-state index in [2.05, 4.69) is 24.3 Å². The average molecular weight is 275 g/mol. The van der Waals surface area contributed by atoms with Crippen molar-refractivity contribution in [3.8, 4) is 0 Å². The summed E-state index contributed by atoms with van der Waals surface area (Å²) in [5.41, 5.74) is 7.68. The number of halogens is 1. The molecule has 0 radical (unpaired) electrons. The summed E-state index contributed by atoms with van der Waals surface area (Å²) in [6.45, 7) is 0. The molecule has 2 rings (SSSR count). The molecule has 0 atom stereocenters. The van der Waals surface area contributed by atoms with Crippen molar-refractivity contribution in [1.29, 1.82) is 0 Å². The van der Waals surface area contributed by atoms with Crippen molar-refractivity contribution in [2.75, 3.05) is 11.5 Å². The van der Waals surface area contributed by atoms with Crippen LogP contribution in [0.5, 0.6) is 0 Å². The smallest absolute Gasteiger partial charge is 0.125 e. The third-order valence-electron chi connectivity index (χ3n) is 2.93. The summed E-state index contributed by atoms with van der Waals surface area (Å²) in [6.07, 6.45) is 3.41. The lowest BCUT2D eigenvalue weighted by Gasteiger charge is -2.05. The Morgan fingerprint density at radius 3 is 2.53 bits per heavy atom. The van der Waals surface area contributed by atoms with Crippen molar-refractivity contribution >= 4 is 17.4 Å². The Bertz CT molecular complexity index is 513. The summed E-state index contributed by atoms with van der Waals surface area (Å²) >= 11 is 1.70. The zero-order valence-corrected chi connectivity index (χ0v) is 11.6. The van der Waals surface area contributed by atoms with Gasteiger partial charge in [0, 0.05) is 10.6 Å². The molecule has 0 aliphatic carbocycles. The van der Waals surface area contributed by atoms with Gasteiger partial charge in [0.25, 0.3) is 0 Å². The number of benzene rings is 2. The van der Waals surface area contributed by atoms with Gasteiger partial charge < -0.3 is 5.73 Å². The fourth-order valence-electron chi connectivity index (χ4n) is 1.91. The number of hydrogen-bond donors (Lipinski definition) is 1. The fourth-order valence-corrected chi connectivity index (χ4v) is 2.87. The molecule has 19 heavy (non-hydrogen) atoms. The maximum Gasteiger partial charge on any atom is 0.125 e. The molecule has 0 bridgehead atoms. The van der Waals surface area contributed by atoms with E-state index in [-0.39, 0.29) is 5.82 Å². The lowest BCUT2D eigenvalue weighted by atomic mass is 10.1. The van der Waals surface area contributed by atoms with E-state index in [1.165, 1.54) is 17.7 Å².